The van der Waals surface area contributed by atoms with E-state index in [-0.39, 0.29) is 89.1 Å². The molecule has 0 spiro atoms. The monoisotopic (exact) mass is 1180 g/mol. The highest BCUT2D eigenvalue weighted by Crippen LogP contribution is 2.61. The first-order valence-corrected chi connectivity index (χ1v) is 26.9. The molecule has 25 heteroatoms. The Labute approximate surface area is 485 Å². The Kier molecular flexibility index (Phi) is 17.2. The lowest BCUT2D eigenvalue weighted by Gasteiger charge is -2.55. The molecule has 452 valence electrons. The zero-order valence-corrected chi connectivity index (χ0v) is 49.9. The van der Waals surface area contributed by atoms with Crippen molar-refractivity contribution in [1.82, 2.24) is 15.1 Å². The molecule has 2 aromatic carbocycles. The first kappa shape index (κ1) is 64.8. The molecule has 8 rings (SSSR count). The van der Waals surface area contributed by atoms with E-state index < -0.39 is 120 Å². The SMILES string of the molecule is CC(C)(C)C(=O)Cl.CN(C)c1ccc(O)c2c1C[C@@]1(CN)C[C@H]3[C@H](N(C)C)C(=O)C(C(N)=O)=C(O)[C@@]3(O)C(=O)C1=C2O.CN(C)c1ccc(O)c2c1C[C@@]1(CNC(=O)C(C)(C)C)C[C@H]3[C@H](N(C)C)C(=O)C(C(N)=O)=C(O)[C@@]3(O)C(=O)C1=C2O. The van der Waals surface area contributed by atoms with Crippen LogP contribution in [0.4, 0.5) is 11.4 Å². The fourth-order valence-corrected chi connectivity index (χ4v) is 12.7. The van der Waals surface area contributed by atoms with Crippen LogP contribution in [0.2, 0.25) is 0 Å². The molecule has 0 bridgehead atoms. The quantitative estimate of drug-likeness (QED) is 0.126. The average Bonchev–Trinajstić information content (AvgIpc) is 1.85. The first-order chi connectivity index (χ1) is 38.0. The number of aliphatic hydroxyl groups excluding tert-OH is 4. The standard InChI is InChI=1S/C29H38N4O8.C24H30N4O7.C5H9ClO/c1-27(2,3)26(40)31-12-28-10-13-15(32(4)5)8-9-16(34)17(13)21(35)19(28)24(38)29(41)14(11-28)20(33(6)7)22(36)18(23(29)37)25(30)39;1-27(2)12-5-6-13(29)14-10(12)7-23(9-25)8-11-17(28(3)4)19(31)15(22(26)34)20(32)24(11,35)21(33)16(23)18(14)30;1-5(2,3)4(6)7/h8-9,14,20,34-35,37,41H,10-12H2,1-7H3,(H2,30,39)(H,31,40);5-6,11,17,29-30,32,35H,7-9,25H2,1-4H3,(H2,26,34);1-3H3/t14-,20-,28-,29+;11-,17-,23-,24+;/m00./s1. The van der Waals surface area contributed by atoms with Crippen LogP contribution >= 0.6 is 11.6 Å². The number of ketones is 4. The lowest BCUT2D eigenvalue weighted by Crippen LogP contribution is -2.68. The Morgan fingerprint density at radius 2 is 0.940 bits per heavy atom. The summed E-state index contributed by atoms with van der Waals surface area (Å²) >= 11 is 5.11. The maximum absolute atomic E-state index is 14.4. The highest BCUT2D eigenvalue weighted by atomic mass is 35.5. The Bertz CT molecular complexity index is 3290. The number of benzene rings is 2. The van der Waals surface area contributed by atoms with Crippen molar-refractivity contribution in [2.24, 2.45) is 50.7 Å². The maximum Gasteiger partial charge on any atom is 0.255 e. The predicted molar refractivity (Wildman–Crippen MR) is 307 cm³/mol. The maximum atomic E-state index is 14.4. The van der Waals surface area contributed by atoms with Gasteiger partial charge in [0.1, 0.15) is 45.7 Å². The summed E-state index contributed by atoms with van der Waals surface area (Å²) in [5.74, 6) is -13.4. The van der Waals surface area contributed by atoms with E-state index in [4.69, 9.17) is 28.8 Å². The van der Waals surface area contributed by atoms with Gasteiger partial charge < -0.3 is 73.2 Å². The third-order valence-corrected chi connectivity index (χ3v) is 17.4. The Hall–Kier alpha value is -7.35. The van der Waals surface area contributed by atoms with E-state index in [1.807, 2.05) is 0 Å². The van der Waals surface area contributed by atoms with Gasteiger partial charge in [-0.1, -0.05) is 41.5 Å². The highest BCUT2D eigenvalue weighted by molar-refractivity contribution is 6.64. The molecular weight excluding hydrogens is 1100 g/mol. The number of nitrogens with one attached hydrogen (secondary N) is 1. The zero-order chi connectivity index (χ0) is 63.3. The molecule has 3 amide bonds. The van der Waals surface area contributed by atoms with Crippen molar-refractivity contribution in [3.63, 3.8) is 0 Å². The normalized spacial score (nSPS) is 27.5. The number of carbonyl (C=O) groups excluding carboxylic acids is 8. The minimum absolute atomic E-state index is 0.0194. The number of nitrogens with two attached hydrogens (primary N) is 3. The molecular formula is C58H77ClN8O16. The van der Waals surface area contributed by atoms with Crippen LogP contribution in [-0.4, -0.2) is 190 Å². The smallest absolute Gasteiger partial charge is 0.255 e. The molecule has 0 unspecified atom stereocenters. The second kappa shape index (κ2) is 22.0. The molecule has 24 nitrogen and oxygen atoms in total. The average molecular weight is 1180 g/mol. The number of aromatic hydroxyl groups is 2. The molecule has 0 radical (unpaired) electrons. The number of primary amides is 2. The number of carbonyl (C=O) groups is 8. The number of phenolic OH excluding ortho intramolecular Hbond substituents is 2. The van der Waals surface area contributed by atoms with E-state index in [0.29, 0.717) is 22.5 Å². The summed E-state index contributed by atoms with van der Waals surface area (Å²) in [6, 6.07) is 3.67. The van der Waals surface area contributed by atoms with Gasteiger partial charge in [-0.2, -0.15) is 0 Å². The molecule has 6 aliphatic carbocycles. The predicted octanol–water partition coefficient (Wildman–Crippen LogP) is 1.72. The van der Waals surface area contributed by atoms with Gasteiger partial charge in [0, 0.05) is 97.3 Å². The highest BCUT2D eigenvalue weighted by Gasteiger charge is 2.69. The number of halogens is 1. The van der Waals surface area contributed by atoms with Crippen molar-refractivity contribution < 1.29 is 79.2 Å². The van der Waals surface area contributed by atoms with Crippen LogP contribution in [0.15, 0.2) is 58.1 Å². The van der Waals surface area contributed by atoms with Crippen LogP contribution < -0.4 is 32.3 Å². The number of anilines is 2. The summed E-state index contributed by atoms with van der Waals surface area (Å²) < 4.78 is 0. The fraction of sp³-hybridized carbons (Fsp3) is 0.517. The number of Topliss-reactive ketones (excluding diaryl/α,β-unsaturated/α-hetero) is 4. The molecule has 2 fully saturated rings. The first-order valence-electron chi connectivity index (χ1n) is 26.5. The van der Waals surface area contributed by atoms with Crippen molar-refractivity contribution in [2.75, 3.05) is 79.3 Å². The van der Waals surface area contributed by atoms with Gasteiger partial charge in [-0.25, -0.2) is 0 Å². The summed E-state index contributed by atoms with van der Waals surface area (Å²) in [4.78, 5) is 109. The van der Waals surface area contributed by atoms with Gasteiger partial charge in [0.25, 0.3) is 11.8 Å². The number of nitrogens with zero attached hydrogens (tertiary/aromatic N) is 4. The number of likely N-dealkylation sites (N-methyl/N-ethyl adjacent to an activating group) is 2. The van der Waals surface area contributed by atoms with Crippen LogP contribution in [0.25, 0.3) is 11.5 Å². The van der Waals surface area contributed by atoms with Crippen molar-refractivity contribution in [1.29, 1.82) is 0 Å². The lowest BCUT2D eigenvalue weighted by molar-refractivity contribution is -0.158. The number of aliphatic hydroxyl groups is 6. The Balaban J connectivity index is 0.000000241. The van der Waals surface area contributed by atoms with Crippen molar-refractivity contribution in [3.05, 3.63) is 80.3 Å². The van der Waals surface area contributed by atoms with E-state index in [9.17, 15) is 79.2 Å². The second-order valence-electron chi connectivity index (χ2n) is 25.3. The topological polar surface area (TPSA) is 401 Å². The summed E-state index contributed by atoms with van der Waals surface area (Å²) in [5.41, 5.74) is 7.76. The van der Waals surface area contributed by atoms with Crippen LogP contribution in [-0.2, 0) is 51.2 Å². The molecule has 15 N–H and O–H groups in total. The van der Waals surface area contributed by atoms with Crippen molar-refractivity contribution in [2.45, 2.75) is 90.5 Å². The van der Waals surface area contributed by atoms with E-state index in [2.05, 4.69) is 5.32 Å². The molecule has 2 aromatic rings. The number of hydrogen-bond acceptors (Lipinski definition) is 21. The minimum atomic E-state index is -2.79. The minimum Gasteiger partial charge on any atom is -0.508 e. The van der Waals surface area contributed by atoms with Crippen LogP contribution in [0.3, 0.4) is 0 Å². The third kappa shape index (κ3) is 10.3. The van der Waals surface area contributed by atoms with E-state index >= 15 is 0 Å². The third-order valence-electron chi connectivity index (χ3n) is 16.8. The van der Waals surface area contributed by atoms with Crippen molar-refractivity contribution in [3.8, 4) is 11.5 Å². The van der Waals surface area contributed by atoms with Crippen LogP contribution in [0.5, 0.6) is 11.5 Å². The van der Waals surface area contributed by atoms with E-state index in [1.165, 1.54) is 36.0 Å². The van der Waals surface area contributed by atoms with Gasteiger partial charge in [-0.3, -0.25) is 48.2 Å². The number of hydrogen-bond donors (Lipinski definition) is 12. The van der Waals surface area contributed by atoms with Crippen LogP contribution in [0.1, 0.15) is 76.6 Å². The van der Waals surface area contributed by atoms with Gasteiger partial charge in [0.2, 0.25) is 22.7 Å². The number of fused-ring (bicyclic) bond motifs is 6. The van der Waals surface area contributed by atoms with Gasteiger partial charge >= 0.3 is 0 Å². The fourth-order valence-electron chi connectivity index (χ4n) is 12.7. The molecule has 0 heterocycles. The molecule has 83 heavy (non-hydrogen) atoms. The number of phenols is 2. The lowest BCUT2D eigenvalue weighted by atomic mass is 9.51. The van der Waals surface area contributed by atoms with Gasteiger partial charge in [0.15, 0.2) is 22.8 Å². The molecule has 6 aliphatic rings. The Morgan fingerprint density at radius 1 is 0.602 bits per heavy atom. The second-order valence-corrected chi connectivity index (χ2v) is 25.6. The molecule has 0 aromatic heterocycles. The van der Waals surface area contributed by atoms with Crippen LogP contribution in [0, 0.1) is 33.5 Å². The summed E-state index contributed by atoms with van der Waals surface area (Å²) in [6.45, 7) is 10.2. The van der Waals surface area contributed by atoms with Gasteiger partial charge in [-0.15, -0.1) is 0 Å². The zero-order valence-electron chi connectivity index (χ0n) is 49.1. The van der Waals surface area contributed by atoms with E-state index in [1.54, 1.807) is 106 Å². The van der Waals surface area contributed by atoms with Crippen molar-refractivity contribution >= 4 is 80.6 Å². The molecule has 2 saturated carbocycles. The number of rotatable bonds is 9. The summed E-state index contributed by atoms with van der Waals surface area (Å²) in [7, 11) is 13.3. The van der Waals surface area contributed by atoms with E-state index in [0.717, 1.165) is 0 Å². The largest absolute Gasteiger partial charge is 0.508 e. The van der Waals surface area contributed by atoms with Gasteiger partial charge in [-0.05, 0) is 101 Å². The summed E-state index contributed by atoms with van der Waals surface area (Å²) in [6.07, 6.45) is -0.0721. The number of amides is 3. The summed E-state index contributed by atoms with van der Waals surface area (Å²) in [5, 5.41) is 92.7. The van der Waals surface area contributed by atoms with Gasteiger partial charge in [0.05, 0.1) is 23.2 Å². The molecule has 8 atom stereocenters. The molecule has 0 saturated heterocycles. The Morgan fingerprint density at radius 3 is 1.24 bits per heavy atom. The molecule has 0 aliphatic heterocycles.